The molecular weight excluding hydrogens is 320 g/mol. The maximum atomic E-state index is 10.9. The highest BCUT2D eigenvalue weighted by Gasteiger charge is 2.08. The Morgan fingerprint density at radius 3 is 2.52 bits per heavy atom. The quantitative estimate of drug-likeness (QED) is 0.425. The molecule has 3 N–H and O–H groups in total. The van der Waals surface area contributed by atoms with Gasteiger partial charge in [0.15, 0.2) is 11.5 Å². The topological polar surface area (TPSA) is 108 Å². The summed E-state index contributed by atoms with van der Waals surface area (Å²) in [6.45, 7) is 2.25. The van der Waals surface area contributed by atoms with E-state index >= 15 is 0 Å². The van der Waals surface area contributed by atoms with Gasteiger partial charge in [0.05, 0.1) is 23.4 Å². The molecule has 0 saturated heterocycles. The number of anilines is 1. The molecule has 0 fully saturated rings. The van der Waals surface area contributed by atoms with Gasteiger partial charge < -0.3 is 9.84 Å². The second kappa shape index (κ2) is 7.12. The minimum Gasteiger partial charge on any atom is -0.504 e. The standard InChI is InChI=1S/C15H16N2O5S/c1-2-22-15-9-11(3-8-14(15)18)10-16-17-12-4-6-13(7-5-12)23(19,20)21/h3-10,17-18H,2H2,1H3,(H,19,20,21)/b16-10-. The maximum Gasteiger partial charge on any atom is 0.294 e. The van der Waals surface area contributed by atoms with Crippen LogP contribution in [0.5, 0.6) is 11.5 Å². The zero-order valence-corrected chi connectivity index (χ0v) is 13.1. The number of phenolic OH excluding ortho intramolecular Hbond substituents is 1. The fourth-order valence-electron chi connectivity index (χ4n) is 1.76. The van der Waals surface area contributed by atoms with Crippen LogP contribution in [0.1, 0.15) is 12.5 Å². The van der Waals surface area contributed by atoms with E-state index in [2.05, 4.69) is 10.5 Å². The van der Waals surface area contributed by atoms with E-state index in [1.54, 1.807) is 12.1 Å². The average Bonchev–Trinajstić information content (AvgIpc) is 2.50. The van der Waals surface area contributed by atoms with E-state index in [4.69, 9.17) is 9.29 Å². The Bertz CT molecular complexity index is 801. The van der Waals surface area contributed by atoms with E-state index < -0.39 is 10.1 Å². The maximum absolute atomic E-state index is 10.9. The van der Waals surface area contributed by atoms with Gasteiger partial charge in [-0.25, -0.2) is 0 Å². The van der Waals surface area contributed by atoms with Gasteiger partial charge in [-0.05, 0) is 55.0 Å². The molecule has 0 radical (unpaired) electrons. The molecule has 0 amide bonds. The van der Waals surface area contributed by atoms with Gasteiger partial charge in [-0.1, -0.05) is 0 Å². The Labute approximate surface area is 134 Å². The summed E-state index contributed by atoms with van der Waals surface area (Å²) in [4.78, 5) is -0.188. The molecular formula is C15H16N2O5S. The van der Waals surface area contributed by atoms with Gasteiger partial charge in [-0.3, -0.25) is 9.98 Å². The van der Waals surface area contributed by atoms with Crippen molar-refractivity contribution in [3.05, 3.63) is 48.0 Å². The predicted octanol–water partition coefficient (Wildman–Crippen LogP) is 2.48. The van der Waals surface area contributed by atoms with E-state index in [0.717, 1.165) is 0 Å². The molecule has 0 aromatic heterocycles. The number of hydrogen-bond acceptors (Lipinski definition) is 6. The summed E-state index contributed by atoms with van der Waals surface area (Å²) >= 11 is 0. The van der Waals surface area contributed by atoms with Crippen LogP contribution in [0, 0.1) is 0 Å². The van der Waals surface area contributed by atoms with E-state index in [0.29, 0.717) is 23.6 Å². The molecule has 8 heteroatoms. The number of nitrogens with one attached hydrogen (secondary N) is 1. The number of ether oxygens (including phenoxy) is 1. The monoisotopic (exact) mass is 336 g/mol. The van der Waals surface area contributed by atoms with Gasteiger partial charge in [0.2, 0.25) is 0 Å². The highest BCUT2D eigenvalue weighted by Crippen LogP contribution is 2.26. The summed E-state index contributed by atoms with van der Waals surface area (Å²) in [7, 11) is -4.20. The molecule has 7 nitrogen and oxygen atoms in total. The fraction of sp³-hybridized carbons (Fsp3) is 0.133. The van der Waals surface area contributed by atoms with Crippen LogP contribution in [0.4, 0.5) is 5.69 Å². The second-order valence-corrected chi connectivity index (χ2v) is 5.95. The Hall–Kier alpha value is -2.58. The van der Waals surface area contributed by atoms with Crippen molar-refractivity contribution in [1.82, 2.24) is 0 Å². The summed E-state index contributed by atoms with van der Waals surface area (Å²) in [5, 5.41) is 13.6. The first kappa shape index (κ1) is 16.8. The molecule has 23 heavy (non-hydrogen) atoms. The van der Waals surface area contributed by atoms with Crippen molar-refractivity contribution in [2.75, 3.05) is 12.0 Å². The van der Waals surface area contributed by atoms with Gasteiger partial charge in [-0.15, -0.1) is 0 Å². The Kier molecular flexibility index (Phi) is 5.20. The lowest BCUT2D eigenvalue weighted by Gasteiger charge is -2.06. The molecule has 0 aliphatic heterocycles. The lowest BCUT2D eigenvalue weighted by molar-refractivity contribution is 0.318. The lowest BCUT2D eigenvalue weighted by atomic mass is 10.2. The zero-order valence-electron chi connectivity index (χ0n) is 12.3. The smallest absolute Gasteiger partial charge is 0.294 e. The van der Waals surface area contributed by atoms with Crippen molar-refractivity contribution in [2.45, 2.75) is 11.8 Å². The molecule has 0 saturated carbocycles. The number of nitrogens with zero attached hydrogens (tertiary/aromatic N) is 1. The van der Waals surface area contributed by atoms with Crippen LogP contribution >= 0.6 is 0 Å². The third-order valence-electron chi connectivity index (χ3n) is 2.84. The molecule has 0 aliphatic carbocycles. The Morgan fingerprint density at radius 2 is 1.91 bits per heavy atom. The van der Waals surface area contributed by atoms with Gasteiger partial charge >= 0.3 is 0 Å². The first-order chi connectivity index (χ1) is 10.9. The second-order valence-electron chi connectivity index (χ2n) is 4.53. The summed E-state index contributed by atoms with van der Waals surface area (Å²) < 4.78 is 36.0. The minimum absolute atomic E-state index is 0.0535. The van der Waals surface area contributed by atoms with Gasteiger partial charge in [0, 0.05) is 0 Å². The number of aromatic hydroxyl groups is 1. The minimum atomic E-state index is -4.20. The fourth-order valence-corrected chi connectivity index (χ4v) is 2.24. The number of benzene rings is 2. The highest BCUT2D eigenvalue weighted by molar-refractivity contribution is 7.85. The largest absolute Gasteiger partial charge is 0.504 e. The van der Waals surface area contributed by atoms with Crippen molar-refractivity contribution in [3.63, 3.8) is 0 Å². The molecule has 0 atom stereocenters. The average molecular weight is 336 g/mol. The van der Waals surface area contributed by atoms with E-state index in [9.17, 15) is 13.5 Å². The Morgan fingerprint density at radius 1 is 1.22 bits per heavy atom. The summed E-state index contributed by atoms with van der Waals surface area (Å²) in [5.74, 6) is 0.423. The summed E-state index contributed by atoms with van der Waals surface area (Å²) in [6.07, 6.45) is 1.53. The van der Waals surface area contributed by atoms with Crippen LogP contribution in [0.3, 0.4) is 0 Å². The molecule has 122 valence electrons. The lowest BCUT2D eigenvalue weighted by Crippen LogP contribution is -1.98. The van der Waals surface area contributed by atoms with Gasteiger partial charge in [0.1, 0.15) is 0 Å². The SMILES string of the molecule is CCOc1cc(/C=N\Nc2ccc(S(=O)(=O)O)cc2)ccc1O. The van der Waals surface area contributed by atoms with Gasteiger partial charge in [-0.2, -0.15) is 13.5 Å². The molecule has 2 rings (SSSR count). The summed E-state index contributed by atoms with van der Waals surface area (Å²) in [6, 6.07) is 10.3. The molecule has 0 heterocycles. The number of rotatable bonds is 6. The van der Waals surface area contributed by atoms with Crippen LogP contribution < -0.4 is 10.2 Å². The van der Waals surface area contributed by atoms with Crippen LogP contribution in [-0.2, 0) is 10.1 Å². The summed E-state index contributed by atoms with van der Waals surface area (Å²) in [5.41, 5.74) is 4.00. The highest BCUT2D eigenvalue weighted by atomic mass is 32.2. The number of hydrogen-bond donors (Lipinski definition) is 3. The van der Waals surface area contributed by atoms with Crippen LogP contribution in [0.25, 0.3) is 0 Å². The van der Waals surface area contributed by atoms with Crippen molar-refractivity contribution in [2.24, 2.45) is 5.10 Å². The van der Waals surface area contributed by atoms with Crippen molar-refractivity contribution >= 4 is 22.0 Å². The van der Waals surface area contributed by atoms with Crippen molar-refractivity contribution in [3.8, 4) is 11.5 Å². The van der Waals surface area contributed by atoms with E-state index in [1.165, 1.54) is 36.5 Å². The van der Waals surface area contributed by atoms with E-state index in [1.807, 2.05) is 6.92 Å². The number of hydrazone groups is 1. The molecule has 0 aliphatic rings. The third kappa shape index (κ3) is 4.70. The van der Waals surface area contributed by atoms with Crippen molar-refractivity contribution < 1.29 is 22.8 Å². The predicted molar refractivity (Wildman–Crippen MR) is 86.7 cm³/mol. The molecule has 0 bridgehead atoms. The van der Waals surface area contributed by atoms with Crippen LogP contribution in [0.15, 0.2) is 52.5 Å². The molecule has 0 unspecified atom stereocenters. The van der Waals surface area contributed by atoms with Gasteiger partial charge in [0.25, 0.3) is 10.1 Å². The normalized spacial score (nSPS) is 11.6. The van der Waals surface area contributed by atoms with Crippen LogP contribution in [0.2, 0.25) is 0 Å². The number of phenols is 1. The van der Waals surface area contributed by atoms with E-state index in [-0.39, 0.29) is 10.6 Å². The molecule has 2 aromatic rings. The zero-order chi connectivity index (χ0) is 16.9. The van der Waals surface area contributed by atoms with Crippen LogP contribution in [-0.4, -0.2) is 30.9 Å². The van der Waals surface area contributed by atoms with Crippen molar-refractivity contribution in [1.29, 1.82) is 0 Å². The first-order valence-corrected chi connectivity index (χ1v) is 8.16. The molecule has 2 aromatic carbocycles. The molecule has 0 spiro atoms. The first-order valence-electron chi connectivity index (χ1n) is 6.72. The Balaban J connectivity index is 2.05. The third-order valence-corrected chi connectivity index (χ3v) is 3.71.